The maximum Gasteiger partial charge on any atom is 0.0379 e. The van der Waals surface area contributed by atoms with Crippen LogP contribution >= 0.6 is 0 Å². The third-order valence-corrected chi connectivity index (χ3v) is 9.27. The molecular formula is C38H50N4. The van der Waals surface area contributed by atoms with Crippen molar-refractivity contribution in [2.75, 3.05) is 22.9 Å². The standard InChI is InChI=1S/C38H50N4/c1-9-25-17-31(18-26(10-2)37(25)41)34(32-19-27(11-3)38(42)28(12-4)20-32)33(29-13-21(5)35(39)22(6)14-29)30-15-23(7)36(40)24(8)16-30/h13-20,33-34H,9-12,39-42H2,1-8H3. The van der Waals surface area contributed by atoms with Crippen LogP contribution in [0.3, 0.4) is 0 Å². The Morgan fingerprint density at radius 3 is 0.810 bits per heavy atom. The lowest BCUT2D eigenvalue weighted by Crippen LogP contribution is -2.18. The third-order valence-electron chi connectivity index (χ3n) is 9.27. The van der Waals surface area contributed by atoms with Gasteiger partial charge in [0.1, 0.15) is 0 Å². The van der Waals surface area contributed by atoms with E-state index in [0.717, 1.165) is 70.7 Å². The molecule has 0 radical (unpaired) electrons. The average Bonchev–Trinajstić information content (AvgIpc) is 2.97. The normalized spacial score (nSPS) is 11.6. The van der Waals surface area contributed by atoms with Crippen molar-refractivity contribution in [3.63, 3.8) is 0 Å². The van der Waals surface area contributed by atoms with Crippen LogP contribution in [-0.4, -0.2) is 0 Å². The summed E-state index contributed by atoms with van der Waals surface area (Å²) in [6.45, 7) is 17.2. The topological polar surface area (TPSA) is 104 Å². The molecule has 0 amide bonds. The summed E-state index contributed by atoms with van der Waals surface area (Å²) in [6, 6.07) is 18.5. The zero-order valence-electron chi connectivity index (χ0n) is 26.9. The summed E-state index contributed by atoms with van der Waals surface area (Å²) in [4.78, 5) is 0. The smallest absolute Gasteiger partial charge is 0.0379 e. The molecule has 42 heavy (non-hydrogen) atoms. The van der Waals surface area contributed by atoms with E-state index in [0.29, 0.717) is 0 Å². The lowest BCUT2D eigenvalue weighted by atomic mass is 9.71. The molecule has 0 aliphatic carbocycles. The number of benzene rings is 4. The third kappa shape index (κ3) is 5.72. The molecule has 4 aromatic rings. The van der Waals surface area contributed by atoms with E-state index >= 15 is 0 Å². The van der Waals surface area contributed by atoms with E-state index in [4.69, 9.17) is 22.9 Å². The fourth-order valence-electron chi connectivity index (χ4n) is 6.67. The fourth-order valence-corrected chi connectivity index (χ4v) is 6.67. The molecule has 0 fully saturated rings. The van der Waals surface area contributed by atoms with E-state index in [1.807, 2.05) is 0 Å². The molecule has 222 valence electrons. The van der Waals surface area contributed by atoms with Gasteiger partial charge in [0.25, 0.3) is 0 Å². The van der Waals surface area contributed by atoms with Crippen molar-refractivity contribution in [1.29, 1.82) is 0 Å². The van der Waals surface area contributed by atoms with Crippen LogP contribution in [0.25, 0.3) is 0 Å². The molecule has 0 aliphatic rings. The first-order chi connectivity index (χ1) is 19.9. The van der Waals surface area contributed by atoms with Crippen molar-refractivity contribution in [3.05, 3.63) is 115 Å². The van der Waals surface area contributed by atoms with Gasteiger partial charge in [-0.15, -0.1) is 0 Å². The van der Waals surface area contributed by atoms with Gasteiger partial charge in [-0.05, 0) is 120 Å². The minimum Gasteiger partial charge on any atom is -0.398 e. The van der Waals surface area contributed by atoms with Crippen molar-refractivity contribution in [1.82, 2.24) is 0 Å². The largest absolute Gasteiger partial charge is 0.398 e. The minimum absolute atomic E-state index is 0.0112. The van der Waals surface area contributed by atoms with Gasteiger partial charge in [-0.1, -0.05) is 76.2 Å². The Labute approximate surface area is 253 Å². The van der Waals surface area contributed by atoms with Crippen LogP contribution in [0.4, 0.5) is 22.7 Å². The highest BCUT2D eigenvalue weighted by atomic mass is 14.6. The molecule has 0 bridgehead atoms. The first kappa shape index (κ1) is 31.0. The molecule has 0 saturated heterocycles. The van der Waals surface area contributed by atoms with Gasteiger partial charge in [-0.3, -0.25) is 0 Å². The summed E-state index contributed by atoms with van der Waals surface area (Å²) in [5.74, 6) is 0.0272. The summed E-state index contributed by atoms with van der Waals surface area (Å²) in [5.41, 5.74) is 44.1. The van der Waals surface area contributed by atoms with Crippen molar-refractivity contribution >= 4 is 22.7 Å². The van der Waals surface area contributed by atoms with Crippen molar-refractivity contribution < 1.29 is 0 Å². The van der Waals surface area contributed by atoms with E-state index in [1.54, 1.807) is 0 Å². The van der Waals surface area contributed by atoms with E-state index in [2.05, 4.69) is 104 Å². The van der Waals surface area contributed by atoms with Crippen LogP contribution < -0.4 is 22.9 Å². The number of hydrogen-bond donors (Lipinski definition) is 4. The molecule has 0 saturated carbocycles. The first-order valence-corrected chi connectivity index (χ1v) is 15.5. The predicted octanol–water partition coefficient (Wildman–Crippen LogP) is 8.46. The molecule has 4 heteroatoms. The molecular weight excluding hydrogens is 512 g/mol. The molecule has 0 unspecified atom stereocenters. The molecule has 0 heterocycles. The van der Waals surface area contributed by atoms with Gasteiger partial charge in [0.05, 0.1) is 0 Å². The number of nitrogen functional groups attached to an aromatic ring is 4. The lowest BCUT2D eigenvalue weighted by molar-refractivity contribution is 0.688. The summed E-state index contributed by atoms with van der Waals surface area (Å²) in [7, 11) is 0. The predicted molar refractivity (Wildman–Crippen MR) is 184 cm³/mol. The molecule has 0 atom stereocenters. The quantitative estimate of drug-likeness (QED) is 0.154. The van der Waals surface area contributed by atoms with Gasteiger partial charge in [0.2, 0.25) is 0 Å². The molecule has 0 spiro atoms. The Hall–Kier alpha value is -3.92. The van der Waals surface area contributed by atoms with Crippen LogP contribution in [0.2, 0.25) is 0 Å². The number of nitrogens with two attached hydrogens (primary N) is 4. The van der Waals surface area contributed by atoms with Gasteiger partial charge in [-0.2, -0.15) is 0 Å². The number of rotatable bonds is 9. The minimum atomic E-state index is 0.0112. The highest BCUT2D eigenvalue weighted by Gasteiger charge is 2.31. The molecule has 0 aliphatic heterocycles. The molecule has 4 aromatic carbocycles. The monoisotopic (exact) mass is 562 g/mol. The van der Waals surface area contributed by atoms with Crippen molar-refractivity contribution in [2.45, 2.75) is 92.9 Å². The van der Waals surface area contributed by atoms with E-state index in [1.165, 1.54) is 44.5 Å². The zero-order chi connectivity index (χ0) is 30.9. The molecule has 8 N–H and O–H groups in total. The van der Waals surface area contributed by atoms with Crippen molar-refractivity contribution in [3.8, 4) is 0 Å². The van der Waals surface area contributed by atoms with Gasteiger partial charge in [0, 0.05) is 34.6 Å². The van der Waals surface area contributed by atoms with E-state index in [-0.39, 0.29) is 11.8 Å². The highest BCUT2D eigenvalue weighted by molar-refractivity contribution is 5.64. The molecule has 4 nitrogen and oxygen atoms in total. The Balaban J connectivity index is 2.18. The molecule has 0 aromatic heterocycles. The second-order valence-electron chi connectivity index (χ2n) is 12.0. The number of anilines is 4. The van der Waals surface area contributed by atoms with Crippen LogP contribution in [0.5, 0.6) is 0 Å². The summed E-state index contributed by atoms with van der Waals surface area (Å²) in [6.07, 6.45) is 3.53. The summed E-state index contributed by atoms with van der Waals surface area (Å²) < 4.78 is 0. The van der Waals surface area contributed by atoms with Gasteiger partial charge < -0.3 is 22.9 Å². The second kappa shape index (κ2) is 12.5. The zero-order valence-corrected chi connectivity index (χ0v) is 26.9. The fraction of sp³-hybridized carbons (Fsp3) is 0.368. The van der Waals surface area contributed by atoms with Crippen LogP contribution in [0.1, 0.15) is 106 Å². The van der Waals surface area contributed by atoms with Crippen LogP contribution in [-0.2, 0) is 25.7 Å². The Morgan fingerprint density at radius 2 is 0.595 bits per heavy atom. The summed E-state index contributed by atoms with van der Waals surface area (Å²) >= 11 is 0. The Morgan fingerprint density at radius 1 is 0.381 bits per heavy atom. The van der Waals surface area contributed by atoms with Crippen molar-refractivity contribution in [2.24, 2.45) is 0 Å². The highest BCUT2D eigenvalue weighted by Crippen LogP contribution is 2.47. The lowest BCUT2D eigenvalue weighted by Gasteiger charge is -2.33. The molecule has 4 rings (SSSR count). The number of hydrogen-bond acceptors (Lipinski definition) is 4. The summed E-state index contributed by atoms with van der Waals surface area (Å²) in [5, 5.41) is 0. The maximum absolute atomic E-state index is 6.69. The first-order valence-electron chi connectivity index (χ1n) is 15.5. The maximum atomic E-state index is 6.69. The van der Waals surface area contributed by atoms with Gasteiger partial charge in [0.15, 0.2) is 0 Å². The van der Waals surface area contributed by atoms with Crippen LogP contribution in [0.15, 0.2) is 48.5 Å². The van der Waals surface area contributed by atoms with Crippen LogP contribution in [0, 0.1) is 27.7 Å². The SMILES string of the molecule is CCc1cc(C(c2cc(CC)c(N)c(CC)c2)C(c2cc(C)c(N)c(C)c2)c2cc(C)c(N)c(C)c2)cc(CC)c1N. The van der Waals surface area contributed by atoms with E-state index in [9.17, 15) is 0 Å². The Bertz CT molecular complexity index is 1400. The van der Waals surface area contributed by atoms with E-state index < -0.39 is 0 Å². The average molecular weight is 563 g/mol. The number of aryl methyl sites for hydroxylation is 8. The van der Waals surface area contributed by atoms with Gasteiger partial charge >= 0.3 is 0 Å². The van der Waals surface area contributed by atoms with Gasteiger partial charge in [-0.25, -0.2) is 0 Å². The Kier molecular flexibility index (Phi) is 9.25. The second-order valence-corrected chi connectivity index (χ2v) is 12.0.